The molecule has 0 spiro atoms. The molecule has 154 valence electrons. The number of anilines is 1. The van der Waals surface area contributed by atoms with Crippen LogP contribution in [0.1, 0.15) is 12.5 Å². The maximum atomic E-state index is 6.28. The minimum Gasteiger partial charge on any atom is -0.454 e. The van der Waals surface area contributed by atoms with E-state index in [0.717, 1.165) is 16.1 Å². The number of guanidine groups is 1. The van der Waals surface area contributed by atoms with Crippen LogP contribution in [0.5, 0.6) is 11.5 Å². The molecule has 0 amide bonds. The summed E-state index contributed by atoms with van der Waals surface area (Å²) < 4.78 is 9.54. The lowest BCUT2D eigenvalue weighted by molar-refractivity contribution is 0.484. The second-order valence-corrected chi connectivity index (χ2v) is 9.40. The van der Waals surface area contributed by atoms with E-state index < -0.39 is 0 Å². The molecule has 2 N–H and O–H groups in total. The molecule has 0 bridgehead atoms. The third-order valence-electron chi connectivity index (χ3n) is 4.39. The second-order valence-electron chi connectivity index (χ2n) is 6.36. The van der Waals surface area contributed by atoms with Crippen molar-refractivity contribution in [1.29, 1.82) is 0 Å². The van der Waals surface area contributed by atoms with Crippen LogP contribution in [-0.4, -0.2) is 11.3 Å². The van der Waals surface area contributed by atoms with E-state index in [0.29, 0.717) is 39.1 Å². The first-order valence-electron chi connectivity index (χ1n) is 9.15. The van der Waals surface area contributed by atoms with Crippen molar-refractivity contribution < 1.29 is 4.74 Å². The van der Waals surface area contributed by atoms with Crippen molar-refractivity contribution in [1.82, 2.24) is 4.72 Å². The van der Waals surface area contributed by atoms with Crippen LogP contribution >= 0.6 is 45.5 Å². The van der Waals surface area contributed by atoms with E-state index >= 15 is 0 Å². The van der Waals surface area contributed by atoms with Crippen LogP contribution in [0.2, 0.25) is 15.1 Å². The predicted octanol–water partition coefficient (Wildman–Crippen LogP) is 7.38. The summed E-state index contributed by atoms with van der Waals surface area (Å²) in [5.41, 5.74) is 1.75. The Hall–Kier alpha value is -2.18. The van der Waals surface area contributed by atoms with Gasteiger partial charge in [0, 0.05) is 14.9 Å². The van der Waals surface area contributed by atoms with E-state index in [4.69, 9.17) is 39.5 Å². The van der Waals surface area contributed by atoms with Gasteiger partial charge in [0.2, 0.25) is 5.96 Å². The number of benzene rings is 3. The number of hydrogen-bond acceptors (Lipinski definition) is 2. The standard InChI is InChI=1S/C22H18Cl3N3OS/c1-2-30-20-9-5-8-19(29-18-7-4-3-6-16(18)24)21(20)27-22(28-30)26-13-14-10-11-15(23)12-17(14)25/h2-12H,13H2,1H3,(H2,26,27,28). The summed E-state index contributed by atoms with van der Waals surface area (Å²) in [4.78, 5) is 5.77. The average Bonchev–Trinajstić information content (AvgIpc) is 2.74. The highest BCUT2D eigenvalue weighted by molar-refractivity contribution is 8.14. The molecule has 0 saturated heterocycles. The van der Waals surface area contributed by atoms with Crippen molar-refractivity contribution in [3.05, 3.63) is 81.3 Å². The predicted molar refractivity (Wildman–Crippen MR) is 130 cm³/mol. The normalized spacial score (nSPS) is 16.7. The number of nitrogens with one attached hydrogen (secondary N) is 2. The topological polar surface area (TPSA) is 45.7 Å². The van der Waals surface area contributed by atoms with Crippen molar-refractivity contribution in [2.24, 2.45) is 4.99 Å². The van der Waals surface area contributed by atoms with E-state index in [1.807, 2.05) is 43.3 Å². The molecule has 1 heterocycles. The number of rotatable bonds is 4. The fourth-order valence-electron chi connectivity index (χ4n) is 2.92. The second kappa shape index (κ2) is 9.31. The number of ether oxygens (including phenoxy) is 1. The van der Waals surface area contributed by atoms with Crippen LogP contribution < -0.4 is 14.8 Å². The van der Waals surface area contributed by atoms with E-state index in [2.05, 4.69) is 26.5 Å². The average molecular weight is 479 g/mol. The minimum atomic E-state index is -0.333. The van der Waals surface area contributed by atoms with E-state index in [1.54, 1.807) is 18.2 Å². The Morgan fingerprint density at radius 3 is 2.53 bits per heavy atom. The van der Waals surface area contributed by atoms with Gasteiger partial charge >= 0.3 is 0 Å². The van der Waals surface area contributed by atoms with Gasteiger partial charge < -0.3 is 14.8 Å². The maximum Gasteiger partial charge on any atom is 0.206 e. The summed E-state index contributed by atoms with van der Waals surface area (Å²) in [6, 6.07) is 18.7. The molecule has 4 rings (SSSR count). The zero-order chi connectivity index (χ0) is 21.1. The summed E-state index contributed by atoms with van der Waals surface area (Å²) in [5.74, 6) is 1.92. The van der Waals surface area contributed by atoms with Gasteiger partial charge in [-0.1, -0.05) is 69.7 Å². The largest absolute Gasteiger partial charge is 0.454 e. The number of para-hydroxylation sites is 2. The Bertz CT molecular complexity index is 1160. The van der Waals surface area contributed by atoms with E-state index in [9.17, 15) is 0 Å². The van der Waals surface area contributed by atoms with E-state index in [-0.39, 0.29) is 10.7 Å². The Kier molecular flexibility index (Phi) is 6.54. The van der Waals surface area contributed by atoms with Crippen LogP contribution in [0.15, 0.2) is 70.6 Å². The number of aliphatic imine (C=N–C) groups is 1. The fourth-order valence-corrected chi connectivity index (χ4v) is 4.97. The molecule has 3 aromatic carbocycles. The molecule has 0 radical (unpaired) electrons. The summed E-state index contributed by atoms with van der Waals surface area (Å²) >= 11 is 18.5. The van der Waals surface area contributed by atoms with Crippen molar-refractivity contribution in [3.63, 3.8) is 0 Å². The molecular formula is C22H18Cl3N3OS. The first kappa shape index (κ1) is 21.1. The highest BCUT2D eigenvalue weighted by Crippen LogP contribution is 2.42. The lowest BCUT2D eigenvalue weighted by Crippen LogP contribution is -2.31. The first-order chi connectivity index (χ1) is 14.5. The minimum absolute atomic E-state index is 0.333. The zero-order valence-corrected chi connectivity index (χ0v) is 19.0. The summed E-state index contributed by atoms with van der Waals surface area (Å²) in [7, 11) is -0.333. The lowest BCUT2D eigenvalue weighted by Gasteiger charge is -2.26. The van der Waals surface area contributed by atoms with Gasteiger partial charge in [0.1, 0.15) is 5.75 Å². The summed E-state index contributed by atoms with van der Waals surface area (Å²) in [6.07, 6.45) is 0. The van der Waals surface area contributed by atoms with Crippen LogP contribution in [-0.2, 0) is 6.54 Å². The van der Waals surface area contributed by atoms with Gasteiger partial charge in [0.05, 0.1) is 17.3 Å². The molecule has 1 aliphatic heterocycles. The Morgan fingerprint density at radius 1 is 0.967 bits per heavy atom. The molecule has 3 aromatic rings. The van der Waals surface area contributed by atoms with Gasteiger partial charge in [0.25, 0.3) is 0 Å². The van der Waals surface area contributed by atoms with Gasteiger partial charge in [-0.05, 0) is 54.3 Å². The third-order valence-corrected chi connectivity index (χ3v) is 6.99. The quantitative estimate of drug-likeness (QED) is 0.385. The molecule has 4 nitrogen and oxygen atoms in total. The molecule has 30 heavy (non-hydrogen) atoms. The summed E-state index contributed by atoms with van der Waals surface area (Å²) in [5, 5.41) is 7.20. The fraction of sp³-hybridized carbons (Fsp3) is 0.0909. The van der Waals surface area contributed by atoms with E-state index in [1.165, 1.54) is 0 Å². The van der Waals surface area contributed by atoms with Gasteiger partial charge in [-0.25, -0.2) is 4.99 Å². The number of halogens is 3. The maximum absolute atomic E-state index is 6.28. The first-order valence-corrected chi connectivity index (χ1v) is 11.6. The molecule has 1 atom stereocenters. The molecule has 0 aliphatic carbocycles. The van der Waals surface area contributed by atoms with Crippen LogP contribution in [0.4, 0.5) is 5.69 Å². The highest BCUT2D eigenvalue weighted by Gasteiger charge is 2.21. The third kappa shape index (κ3) is 4.60. The Labute approximate surface area is 192 Å². The number of fused-ring (bicyclic) bond motifs is 1. The molecule has 8 heteroatoms. The Balaban J connectivity index is 1.66. The van der Waals surface area contributed by atoms with Gasteiger partial charge in [-0.3, -0.25) is 0 Å². The smallest absolute Gasteiger partial charge is 0.206 e. The van der Waals surface area contributed by atoms with Crippen LogP contribution in [0.3, 0.4) is 0 Å². The van der Waals surface area contributed by atoms with Gasteiger partial charge in [-0.2, -0.15) is 0 Å². The Morgan fingerprint density at radius 2 is 1.77 bits per heavy atom. The highest BCUT2D eigenvalue weighted by atomic mass is 35.5. The van der Waals surface area contributed by atoms with Crippen molar-refractivity contribution in [2.45, 2.75) is 18.4 Å². The van der Waals surface area contributed by atoms with Gasteiger partial charge in [-0.15, -0.1) is 0 Å². The monoisotopic (exact) mass is 477 g/mol. The molecule has 0 saturated carbocycles. The van der Waals surface area contributed by atoms with Crippen LogP contribution in [0.25, 0.3) is 0 Å². The van der Waals surface area contributed by atoms with Gasteiger partial charge in [0.15, 0.2) is 5.75 Å². The van der Waals surface area contributed by atoms with Crippen molar-refractivity contribution in [3.8, 4) is 11.5 Å². The van der Waals surface area contributed by atoms with Crippen LogP contribution in [0, 0.1) is 0 Å². The number of nitrogens with zero attached hydrogens (tertiary/aromatic N) is 1. The number of hydrogen-bond donors (Lipinski definition) is 2. The van der Waals surface area contributed by atoms with Crippen molar-refractivity contribution in [2.75, 3.05) is 5.32 Å². The molecule has 0 aromatic heterocycles. The zero-order valence-electron chi connectivity index (χ0n) is 16.0. The molecule has 0 fully saturated rings. The molecular weight excluding hydrogens is 461 g/mol. The van der Waals surface area contributed by atoms with Crippen molar-refractivity contribution >= 4 is 62.5 Å². The summed E-state index contributed by atoms with van der Waals surface area (Å²) in [6.45, 7) is 2.43. The molecule has 1 unspecified atom stereocenters. The molecule has 1 aliphatic rings. The SMILES string of the molecule is C/C=S1\NC(=NCc2ccc(Cl)cc2Cl)Nc2c(Oc3ccccc3Cl)cccc21. The lowest BCUT2D eigenvalue weighted by atomic mass is 10.2.